The Labute approximate surface area is 105 Å². The van der Waals surface area contributed by atoms with Gasteiger partial charge in [0.25, 0.3) is 5.91 Å². The number of furan rings is 1. The zero-order valence-corrected chi connectivity index (χ0v) is 9.29. The van der Waals surface area contributed by atoms with Crippen molar-refractivity contribution in [3.8, 4) is 5.75 Å². The average Bonchev–Trinajstić information content (AvgIpc) is 2.82. The van der Waals surface area contributed by atoms with Crippen molar-refractivity contribution in [1.29, 1.82) is 0 Å². The van der Waals surface area contributed by atoms with E-state index in [2.05, 4.69) is 9.73 Å². The van der Waals surface area contributed by atoms with Gasteiger partial charge in [-0.05, 0) is 18.2 Å². The van der Waals surface area contributed by atoms with Gasteiger partial charge in [-0.1, -0.05) is 0 Å². The molecule has 1 aromatic heterocycles. The first-order valence-corrected chi connectivity index (χ1v) is 5.01. The molecule has 1 heterocycles. The summed E-state index contributed by atoms with van der Waals surface area (Å²) < 4.78 is 18.0. The molecule has 2 aromatic rings. The third kappa shape index (κ3) is 2.68. The first-order valence-electron chi connectivity index (χ1n) is 5.01. The van der Waals surface area contributed by atoms with E-state index in [1.54, 1.807) is 0 Å². The van der Waals surface area contributed by atoms with Crippen LogP contribution in [0, 0.1) is 15.9 Å². The molecule has 0 aliphatic heterocycles. The summed E-state index contributed by atoms with van der Waals surface area (Å²) >= 11 is 0. The average molecular weight is 266 g/mol. The Hall–Kier alpha value is -2.90. The summed E-state index contributed by atoms with van der Waals surface area (Å²) in [7, 11) is 0. The summed E-state index contributed by atoms with van der Waals surface area (Å²) in [5.41, 5.74) is -0.179. The summed E-state index contributed by atoms with van der Waals surface area (Å²) in [5.74, 6) is -2.87. The summed E-state index contributed by atoms with van der Waals surface area (Å²) in [6, 6.07) is 5.28. The van der Waals surface area contributed by atoms with Crippen molar-refractivity contribution in [3.63, 3.8) is 0 Å². The molecular weight excluding hydrogens is 259 g/mol. The molecule has 0 atom stereocenters. The summed E-state index contributed by atoms with van der Waals surface area (Å²) in [6.45, 7) is 0. The number of hydrogen-bond donors (Lipinski definition) is 2. The second-order valence-corrected chi connectivity index (χ2v) is 3.51. The van der Waals surface area contributed by atoms with Gasteiger partial charge in [-0.3, -0.25) is 14.9 Å². The lowest BCUT2D eigenvalue weighted by atomic mass is 10.3. The Morgan fingerprint density at radius 3 is 2.68 bits per heavy atom. The molecule has 0 aliphatic rings. The smallest absolute Gasteiger partial charge is 0.433 e. The minimum atomic E-state index is -0.839. The normalized spacial score (nSPS) is 10.2. The zero-order valence-electron chi connectivity index (χ0n) is 9.29. The van der Waals surface area contributed by atoms with Crippen LogP contribution in [-0.2, 0) is 0 Å². The van der Waals surface area contributed by atoms with Crippen molar-refractivity contribution < 1.29 is 23.6 Å². The van der Waals surface area contributed by atoms with Gasteiger partial charge in [0, 0.05) is 6.07 Å². The maximum absolute atomic E-state index is 13.3. The van der Waals surface area contributed by atoms with E-state index in [0.717, 1.165) is 24.3 Å². The maximum atomic E-state index is 13.3. The van der Waals surface area contributed by atoms with E-state index in [1.165, 1.54) is 6.07 Å². The number of carbonyl (C=O) groups excluding carboxylic acids is 1. The molecule has 0 spiro atoms. The lowest BCUT2D eigenvalue weighted by Crippen LogP contribution is -2.11. The highest BCUT2D eigenvalue weighted by Crippen LogP contribution is 2.21. The van der Waals surface area contributed by atoms with Crippen molar-refractivity contribution in [2.24, 2.45) is 0 Å². The molecule has 8 heteroatoms. The Kier molecular flexibility index (Phi) is 3.15. The first-order chi connectivity index (χ1) is 8.97. The summed E-state index contributed by atoms with van der Waals surface area (Å²) in [4.78, 5) is 21.2. The lowest BCUT2D eigenvalue weighted by molar-refractivity contribution is -0.402. The monoisotopic (exact) mass is 266 g/mol. The molecule has 7 nitrogen and oxygen atoms in total. The lowest BCUT2D eigenvalue weighted by Gasteiger charge is -2.04. The Morgan fingerprint density at radius 1 is 1.37 bits per heavy atom. The van der Waals surface area contributed by atoms with Gasteiger partial charge in [0.05, 0.1) is 11.8 Å². The van der Waals surface area contributed by atoms with Crippen molar-refractivity contribution in [2.45, 2.75) is 0 Å². The largest absolute Gasteiger partial charge is 0.508 e. The van der Waals surface area contributed by atoms with Crippen molar-refractivity contribution >= 4 is 17.5 Å². The molecule has 0 radical (unpaired) electrons. The number of rotatable bonds is 3. The Balaban J connectivity index is 2.18. The predicted molar refractivity (Wildman–Crippen MR) is 61.4 cm³/mol. The van der Waals surface area contributed by atoms with E-state index < -0.39 is 22.5 Å². The van der Waals surface area contributed by atoms with E-state index in [4.69, 9.17) is 5.11 Å². The van der Waals surface area contributed by atoms with Crippen LogP contribution in [0.4, 0.5) is 16.0 Å². The van der Waals surface area contributed by atoms with Gasteiger partial charge in [0.15, 0.2) is 5.76 Å². The molecule has 0 aliphatic carbocycles. The minimum Gasteiger partial charge on any atom is -0.508 e. The molecule has 0 unspecified atom stereocenters. The number of benzene rings is 1. The highest BCUT2D eigenvalue weighted by molar-refractivity contribution is 6.02. The zero-order chi connectivity index (χ0) is 14.0. The number of amides is 1. The SMILES string of the molecule is O=C(Nc1ccc(O)cc1F)c1ccc([N+](=O)[O-])o1. The number of halogens is 1. The quantitative estimate of drug-likeness (QED) is 0.503. The van der Waals surface area contributed by atoms with Crippen molar-refractivity contribution in [1.82, 2.24) is 0 Å². The van der Waals surface area contributed by atoms with Gasteiger partial charge in [-0.25, -0.2) is 4.39 Å². The van der Waals surface area contributed by atoms with E-state index >= 15 is 0 Å². The van der Waals surface area contributed by atoms with Crippen LogP contribution in [0.15, 0.2) is 34.7 Å². The molecule has 0 fully saturated rings. The van der Waals surface area contributed by atoms with Crippen LogP contribution in [0.3, 0.4) is 0 Å². The van der Waals surface area contributed by atoms with Crippen LogP contribution in [0.1, 0.15) is 10.6 Å². The number of nitrogens with zero attached hydrogens (tertiary/aromatic N) is 1. The van der Waals surface area contributed by atoms with E-state index in [-0.39, 0.29) is 17.2 Å². The van der Waals surface area contributed by atoms with E-state index in [0.29, 0.717) is 0 Å². The van der Waals surface area contributed by atoms with E-state index in [1.807, 2.05) is 0 Å². The number of aromatic hydroxyl groups is 1. The fourth-order valence-corrected chi connectivity index (χ4v) is 1.34. The molecule has 0 saturated carbocycles. The third-order valence-corrected chi connectivity index (χ3v) is 2.20. The minimum absolute atomic E-state index is 0.179. The van der Waals surface area contributed by atoms with Gasteiger partial charge in [-0.15, -0.1) is 0 Å². The fraction of sp³-hybridized carbons (Fsp3) is 0. The molecule has 1 aromatic carbocycles. The topological polar surface area (TPSA) is 106 Å². The van der Waals surface area contributed by atoms with Crippen LogP contribution in [0.2, 0.25) is 0 Å². The molecule has 1 amide bonds. The van der Waals surface area contributed by atoms with Crippen LogP contribution >= 0.6 is 0 Å². The van der Waals surface area contributed by atoms with Gasteiger partial charge in [0.1, 0.15) is 16.5 Å². The van der Waals surface area contributed by atoms with Crippen LogP contribution in [0.25, 0.3) is 0 Å². The van der Waals surface area contributed by atoms with Crippen LogP contribution in [-0.4, -0.2) is 15.9 Å². The van der Waals surface area contributed by atoms with Crippen molar-refractivity contribution in [2.75, 3.05) is 5.32 Å². The van der Waals surface area contributed by atoms with E-state index in [9.17, 15) is 19.3 Å². The highest BCUT2D eigenvalue weighted by Gasteiger charge is 2.18. The molecular formula is C11H7FN2O5. The number of nitrogens with one attached hydrogen (secondary N) is 1. The number of carbonyl (C=O) groups is 1. The second-order valence-electron chi connectivity index (χ2n) is 3.51. The van der Waals surface area contributed by atoms with Gasteiger partial charge < -0.3 is 14.8 Å². The molecule has 98 valence electrons. The molecule has 19 heavy (non-hydrogen) atoms. The molecule has 2 N–H and O–H groups in total. The molecule has 0 saturated heterocycles. The number of nitro groups is 1. The number of phenolic OH excluding ortho intramolecular Hbond substituents is 1. The van der Waals surface area contributed by atoms with Gasteiger partial charge in [0.2, 0.25) is 0 Å². The summed E-state index contributed by atoms with van der Waals surface area (Å²) in [6.07, 6.45) is 0. The Morgan fingerprint density at radius 2 is 2.11 bits per heavy atom. The predicted octanol–water partition coefficient (Wildman–Crippen LogP) is 2.28. The van der Waals surface area contributed by atoms with Gasteiger partial charge >= 0.3 is 5.88 Å². The fourth-order valence-electron chi connectivity index (χ4n) is 1.34. The van der Waals surface area contributed by atoms with Gasteiger partial charge in [-0.2, -0.15) is 0 Å². The number of phenols is 1. The first kappa shape index (κ1) is 12.6. The van der Waals surface area contributed by atoms with Crippen molar-refractivity contribution in [3.05, 3.63) is 52.0 Å². The molecule has 2 rings (SSSR count). The summed E-state index contributed by atoms with van der Waals surface area (Å²) in [5, 5.41) is 21.6. The number of anilines is 1. The Bertz CT molecular complexity index is 652. The maximum Gasteiger partial charge on any atom is 0.433 e. The second kappa shape index (κ2) is 4.77. The third-order valence-electron chi connectivity index (χ3n) is 2.20. The molecule has 0 bridgehead atoms. The standard InChI is InChI=1S/C11H7FN2O5/c12-7-5-6(15)1-2-8(7)13-11(16)9-3-4-10(19-9)14(17)18/h1-5,15H,(H,13,16). The van der Waals surface area contributed by atoms with Crippen LogP contribution in [0.5, 0.6) is 5.75 Å². The highest BCUT2D eigenvalue weighted by atomic mass is 19.1. The van der Waals surface area contributed by atoms with Crippen LogP contribution < -0.4 is 5.32 Å². The number of hydrogen-bond acceptors (Lipinski definition) is 5.